The van der Waals surface area contributed by atoms with Crippen LogP contribution in [0.3, 0.4) is 0 Å². The van der Waals surface area contributed by atoms with Crippen LogP contribution in [0.1, 0.15) is 5.69 Å². The monoisotopic (exact) mass is 276 g/mol. The Balaban J connectivity index is 2.55. The van der Waals surface area contributed by atoms with Crippen LogP contribution in [0, 0.1) is 0 Å². The van der Waals surface area contributed by atoms with Crippen LogP contribution < -0.4 is 4.74 Å². The Hall–Kier alpha value is -1.69. The maximum absolute atomic E-state index is 12.5. The normalized spacial score (nSPS) is 11.6. The fourth-order valence-corrected chi connectivity index (χ4v) is 1.70. The molecule has 0 saturated carbocycles. The molecule has 0 bridgehead atoms. The molecule has 7 heteroatoms. The lowest BCUT2D eigenvalue weighted by Crippen LogP contribution is -2.07. The molecule has 0 unspecified atom stereocenters. The summed E-state index contributed by atoms with van der Waals surface area (Å²) in [5.74, 6) is 0.385. The number of ether oxygens (including phenoxy) is 1. The first kappa shape index (κ1) is 12.8. The highest BCUT2D eigenvalue weighted by Gasteiger charge is 2.35. The summed E-state index contributed by atoms with van der Waals surface area (Å²) in [6, 6.07) is 7.31. The summed E-state index contributed by atoms with van der Waals surface area (Å²) in [4.78, 5) is 0. The molecule has 1 aromatic heterocycles. The number of halogens is 4. The SMILES string of the molecule is COc1ccccc1-n1nc(C(F)(F)F)cc1Cl. The number of alkyl halides is 3. The molecular formula is C11H8ClF3N2O. The molecule has 0 amide bonds. The van der Waals surface area contributed by atoms with Crippen molar-refractivity contribution >= 4 is 11.6 Å². The van der Waals surface area contributed by atoms with E-state index in [1.807, 2.05) is 0 Å². The van der Waals surface area contributed by atoms with Gasteiger partial charge in [0.2, 0.25) is 0 Å². The fraction of sp³-hybridized carbons (Fsp3) is 0.182. The predicted octanol–water partition coefficient (Wildman–Crippen LogP) is 3.55. The summed E-state index contributed by atoms with van der Waals surface area (Å²) in [5.41, 5.74) is -0.695. The molecule has 18 heavy (non-hydrogen) atoms. The molecule has 96 valence electrons. The van der Waals surface area contributed by atoms with Gasteiger partial charge in [-0.2, -0.15) is 18.3 Å². The van der Waals surface area contributed by atoms with Gasteiger partial charge in [0.1, 0.15) is 16.6 Å². The van der Waals surface area contributed by atoms with Gasteiger partial charge in [0.15, 0.2) is 5.69 Å². The van der Waals surface area contributed by atoms with Crippen LogP contribution in [0.5, 0.6) is 5.75 Å². The van der Waals surface area contributed by atoms with Crippen LogP contribution in [0.25, 0.3) is 5.69 Å². The van der Waals surface area contributed by atoms with E-state index in [0.717, 1.165) is 10.7 Å². The maximum Gasteiger partial charge on any atom is 0.435 e. The lowest BCUT2D eigenvalue weighted by Gasteiger charge is -2.08. The lowest BCUT2D eigenvalue weighted by atomic mass is 10.3. The number of hydrogen-bond donors (Lipinski definition) is 0. The second-order valence-corrected chi connectivity index (χ2v) is 3.82. The number of hydrogen-bond acceptors (Lipinski definition) is 2. The largest absolute Gasteiger partial charge is 0.494 e. The first-order valence-corrected chi connectivity index (χ1v) is 5.27. The van der Waals surface area contributed by atoms with Crippen molar-refractivity contribution in [3.8, 4) is 11.4 Å². The van der Waals surface area contributed by atoms with Crippen LogP contribution in [-0.2, 0) is 6.18 Å². The lowest BCUT2D eigenvalue weighted by molar-refractivity contribution is -0.141. The van der Waals surface area contributed by atoms with Gasteiger partial charge in [0.05, 0.1) is 7.11 Å². The summed E-state index contributed by atoms with van der Waals surface area (Å²) < 4.78 is 43.6. The molecule has 0 atom stereocenters. The summed E-state index contributed by atoms with van der Waals surface area (Å²) in [5, 5.41) is 3.31. The highest BCUT2D eigenvalue weighted by atomic mass is 35.5. The topological polar surface area (TPSA) is 27.1 Å². The van der Waals surface area contributed by atoms with Crippen molar-refractivity contribution in [2.24, 2.45) is 0 Å². The number of rotatable bonds is 2. The molecule has 3 nitrogen and oxygen atoms in total. The van der Waals surface area contributed by atoms with E-state index in [1.165, 1.54) is 7.11 Å². The number of para-hydroxylation sites is 2. The Morgan fingerprint density at radius 2 is 1.94 bits per heavy atom. The Labute approximate surface area is 106 Å². The van der Waals surface area contributed by atoms with Crippen LogP contribution in [0.2, 0.25) is 5.15 Å². The first-order valence-electron chi connectivity index (χ1n) is 4.89. The number of methoxy groups -OCH3 is 1. The van der Waals surface area contributed by atoms with Crippen molar-refractivity contribution in [1.29, 1.82) is 0 Å². The van der Waals surface area contributed by atoms with E-state index < -0.39 is 11.9 Å². The second kappa shape index (κ2) is 4.53. The van der Waals surface area contributed by atoms with Gasteiger partial charge in [-0.25, -0.2) is 4.68 Å². The van der Waals surface area contributed by atoms with Gasteiger partial charge < -0.3 is 4.74 Å². The zero-order valence-corrected chi connectivity index (χ0v) is 9.96. The molecule has 1 aromatic carbocycles. The predicted molar refractivity (Wildman–Crippen MR) is 60.1 cm³/mol. The van der Waals surface area contributed by atoms with Crippen molar-refractivity contribution in [1.82, 2.24) is 9.78 Å². The Morgan fingerprint density at radius 3 is 2.50 bits per heavy atom. The van der Waals surface area contributed by atoms with Gasteiger partial charge in [0, 0.05) is 6.07 Å². The zero-order valence-electron chi connectivity index (χ0n) is 9.20. The summed E-state index contributed by atoms with van der Waals surface area (Å²) >= 11 is 5.76. The number of benzene rings is 1. The Morgan fingerprint density at radius 1 is 1.28 bits per heavy atom. The molecule has 0 aliphatic rings. The Bertz CT molecular complexity index is 566. The van der Waals surface area contributed by atoms with Gasteiger partial charge in [-0.05, 0) is 12.1 Å². The van der Waals surface area contributed by atoms with Crippen LogP contribution in [0.15, 0.2) is 30.3 Å². The molecule has 0 spiro atoms. The van der Waals surface area contributed by atoms with E-state index in [1.54, 1.807) is 24.3 Å². The third-order valence-corrected chi connectivity index (χ3v) is 2.54. The average Bonchev–Trinajstić information content (AvgIpc) is 2.71. The summed E-state index contributed by atoms with van der Waals surface area (Å²) in [6.45, 7) is 0. The van der Waals surface area contributed by atoms with Crippen LogP contribution >= 0.6 is 11.6 Å². The molecule has 1 heterocycles. The molecule has 0 aliphatic heterocycles. The Kier molecular flexibility index (Phi) is 3.21. The van der Waals surface area contributed by atoms with Gasteiger partial charge >= 0.3 is 6.18 Å². The standard InChI is InChI=1S/C11H8ClF3N2O/c1-18-8-5-3-2-4-7(8)17-10(12)6-9(16-17)11(13,14)15/h2-6H,1H3. The van der Waals surface area contributed by atoms with Crippen molar-refractivity contribution in [2.45, 2.75) is 6.18 Å². The fourth-order valence-electron chi connectivity index (χ4n) is 1.47. The molecule has 2 rings (SSSR count). The van der Waals surface area contributed by atoms with Gasteiger partial charge in [-0.3, -0.25) is 0 Å². The van der Waals surface area contributed by atoms with E-state index in [0.29, 0.717) is 11.4 Å². The minimum atomic E-state index is -4.53. The van der Waals surface area contributed by atoms with Crippen molar-refractivity contribution in [3.05, 3.63) is 41.2 Å². The highest BCUT2D eigenvalue weighted by molar-refractivity contribution is 6.29. The maximum atomic E-state index is 12.5. The van der Waals surface area contributed by atoms with Gasteiger partial charge in [0.25, 0.3) is 0 Å². The third-order valence-electron chi connectivity index (χ3n) is 2.27. The van der Waals surface area contributed by atoms with E-state index in [2.05, 4.69) is 5.10 Å². The minimum absolute atomic E-state index is 0.133. The van der Waals surface area contributed by atoms with Crippen molar-refractivity contribution in [3.63, 3.8) is 0 Å². The molecule has 0 saturated heterocycles. The molecule has 2 aromatic rings. The number of nitrogens with zero attached hydrogens (tertiary/aromatic N) is 2. The third kappa shape index (κ3) is 2.28. The van der Waals surface area contributed by atoms with E-state index in [-0.39, 0.29) is 5.15 Å². The number of aromatic nitrogens is 2. The molecule has 0 radical (unpaired) electrons. The van der Waals surface area contributed by atoms with Crippen LogP contribution in [0.4, 0.5) is 13.2 Å². The highest BCUT2D eigenvalue weighted by Crippen LogP contribution is 2.32. The van der Waals surface area contributed by atoms with E-state index >= 15 is 0 Å². The molecule has 0 fully saturated rings. The minimum Gasteiger partial charge on any atom is -0.494 e. The smallest absolute Gasteiger partial charge is 0.435 e. The van der Waals surface area contributed by atoms with Crippen molar-refractivity contribution < 1.29 is 17.9 Å². The van der Waals surface area contributed by atoms with E-state index in [9.17, 15) is 13.2 Å². The average molecular weight is 277 g/mol. The molecular weight excluding hydrogens is 269 g/mol. The van der Waals surface area contributed by atoms with Gasteiger partial charge in [-0.15, -0.1) is 0 Å². The van der Waals surface area contributed by atoms with Crippen LogP contribution in [-0.4, -0.2) is 16.9 Å². The van der Waals surface area contributed by atoms with Gasteiger partial charge in [-0.1, -0.05) is 23.7 Å². The summed E-state index contributed by atoms with van der Waals surface area (Å²) in [6.07, 6.45) is -4.53. The molecule has 0 aliphatic carbocycles. The first-order chi connectivity index (χ1) is 8.43. The second-order valence-electron chi connectivity index (χ2n) is 3.43. The quantitative estimate of drug-likeness (QED) is 0.839. The van der Waals surface area contributed by atoms with E-state index in [4.69, 9.17) is 16.3 Å². The van der Waals surface area contributed by atoms with Crippen molar-refractivity contribution in [2.75, 3.05) is 7.11 Å². The molecule has 0 N–H and O–H groups in total. The summed E-state index contributed by atoms with van der Waals surface area (Å²) in [7, 11) is 1.42. The zero-order chi connectivity index (χ0) is 13.3.